The molecule has 3 N–H and O–H groups in total. The zero-order valence-electron chi connectivity index (χ0n) is 14.8. The van der Waals surface area contributed by atoms with Crippen molar-refractivity contribution < 1.29 is 14.3 Å². The van der Waals surface area contributed by atoms with E-state index < -0.39 is 12.1 Å². The molecular weight excluding hydrogens is 396 g/mol. The summed E-state index contributed by atoms with van der Waals surface area (Å²) in [5.41, 5.74) is 1.68. The average Bonchev–Trinajstić information content (AvgIpc) is 3.12. The Hall–Kier alpha value is -3.04. The SMILES string of the molecule is O=C(C[C@@H](NC(=O)OCc1ccccc1)c1ccccc1)Nc1n[nH]c(=S)s1. The molecule has 0 aliphatic carbocycles. The zero-order valence-corrected chi connectivity index (χ0v) is 16.4. The molecule has 0 spiro atoms. The van der Waals surface area contributed by atoms with Crippen LogP contribution in [0.25, 0.3) is 0 Å². The van der Waals surface area contributed by atoms with Gasteiger partial charge in [-0.15, -0.1) is 5.10 Å². The molecule has 28 heavy (non-hydrogen) atoms. The molecule has 0 saturated heterocycles. The molecule has 1 heterocycles. The minimum absolute atomic E-state index is 0.0246. The van der Waals surface area contributed by atoms with Gasteiger partial charge in [0.05, 0.1) is 12.5 Å². The van der Waals surface area contributed by atoms with Crippen molar-refractivity contribution >= 4 is 40.7 Å². The van der Waals surface area contributed by atoms with Crippen LogP contribution in [0.5, 0.6) is 0 Å². The molecule has 0 radical (unpaired) electrons. The van der Waals surface area contributed by atoms with E-state index in [9.17, 15) is 9.59 Å². The molecule has 0 fully saturated rings. The van der Waals surface area contributed by atoms with Crippen LogP contribution in [0.4, 0.5) is 9.93 Å². The highest BCUT2D eigenvalue weighted by atomic mass is 32.1. The van der Waals surface area contributed by atoms with E-state index >= 15 is 0 Å². The summed E-state index contributed by atoms with van der Waals surface area (Å²) in [7, 11) is 0. The molecule has 0 unspecified atom stereocenters. The Morgan fingerprint density at radius 2 is 1.79 bits per heavy atom. The number of alkyl carbamates (subject to hydrolysis) is 1. The van der Waals surface area contributed by atoms with Gasteiger partial charge in [-0.2, -0.15) is 0 Å². The van der Waals surface area contributed by atoms with E-state index in [1.54, 1.807) is 0 Å². The Kier molecular flexibility index (Phi) is 6.88. The molecule has 0 aliphatic rings. The van der Waals surface area contributed by atoms with Crippen LogP contribution in [0, 0.1) is 3.95 Å². The molecule has 3 rings (SSSR count). The predicted molar refractivity (Wildman–Crippen MR) is 109 cm³/mol. The molecule has 0 aliphatic heterocycles. The van der Waals surface area contributed by atoms with Crippen molar-refractivity contribution in [3.8, 4) is 0 Å². The molecule has 3 aromatic rings. The van der Waals surface area contributed by atoms with Gasteiger partial charge in [0.2, 0.25) is 11.0 Å². The fraction of sp³-hybridized carbons (Fsp3) is 0.158. The Labute approximate surface area is 170 Å². The fourth-order valence-corrected chi connectivity index (χ4v) is 3.29. The Morgan fingerprint density at radius 1 is 1.11 bits per heavy atom. The van der Waals surface area contributed by atoms with Crippen molar-refractivity contribution in [3.05, 3.63) is 75.7 Å². The minimum atomic E-state index is -0.596. The first-order chi connectivity index (χ1) is 13.6. The van der Waals surface area contributed by atoms with Gasteiger partial charge in [0.15, 0.2) is 3.95 Å². The van der Waals surface area contributed by atoms with Crippen molar-refractivity contribution in [2.75, 3.05) is 5.32 Å². The Balaban J connectivity index is 1.62. The third kappa shape index (κ3) is 6.00. The van der Waals surface area contributed by atoms with Crippen molar-refractivity contribution in [2.24, 2.45) is 0 Å². The van der Waals surface area contributed by atoms with Crippen molar-refractivity contribution in [1.29, 1.82) is 0 Å². The van der Waals surface area contributed by atoms with E-state index in [1.807, 2.05) is 60.7 Å². The summed E-state index contributed by atoms with van der Waals surface area (Å²) in [5.74, 6) is -0.296. The molecule has 144 valence electrons. The maximum absolute atomic E-state index is 12.4. The predicted octanol–water partition coefficient (Wildman–Crippen LogP) is 4.20. The van der Waals surface area contributed by atoms with Crippen LogP contribution in [-0.4, -0.2) is 22.2 Å². The quantitative estimate of drug-likeness (QED) is 0.504. The van der Waals surface area contributed by atoms with Gasteiger partial charge < -0.3 is 15.4 Å². The number of nitrogens with zero attached hydrogens (tertiary/aromatic N) is 1. The van der Waals surface area contributed by atoms with Crippen LogP contribution in [0.15, 0.2) is 60.7 Å². The molecule has 1 atom stereocenters. The number of carbonyl (C=O) groups excluding carboxylic acids is 2. The van der Waals surface area contributed by atoms with Gasteiger partial charge in [-0.25, -0.2) is 4.79 Å². The lowest BCUT2D eigenvalue weighted by molar-refractivity contribution is -0.116. The average molecular weight is 415 g/mol. The lowest BCUT2D eigenvalue weighted by atomic mass is 10.0. The minimum Gasteiger partial charge on any atom is -0.445 e. The molecule has 0 saturated carbocycles. The summed E-state index contributed by atoms with van der Waals surface area (Å²) in [6, 6.07) is 18.1. The highest BCUT2D eigenvalue weighted by Crippen LogP contribution is 2.19. The number of hydrogen-bond acceptors (Lipinski definition) is 6. The second-order valence-electron chi connectivity index (χ2n) is 5.84. The van der Waals surface area contributed by atoms with E-state index in [0.717, 1.165) is 22.5 Å². The smallest absolute Gasteiger partial charge is 0.407 e. The maximum atomic E-state index is 12.4. The molecule has 7 nitrogen and oxygen atoms in total. The van der Waals surface area contributed by atoms with Gasteiger partial charge in [0, 0.05) is 0 Å². The summed E-state index contributed by atoms with van der Waals surface area (Å²) in [4.78, 5) is 24.6. The van der Waals surface area contributed by atoms with Gasteiger partial charge in [-0.1, -0.05) is 72.0 Å². The van der Waals surface area contributed by atoms with Crippen molar-refractivity contribution in [3.63, 3.8) is 0 Å². The second-order valence-corrected chi connectivity index (χ2v) is 7.51. The van der Waals surface area contributed by atoms with Crippen LogP contribution in [-0.2, 0) is 16.1 Å². The topological polar surface area (TPSA) is 96.1 Å². The number of benzene rings is 2. The largest absolute Gasteiger partial charge is 0.445 e. The number of H-pyrrole nitrogens is 1. The normalized spacial score (nSPS) is 11.4. The summed E-state index contributed by atoms with van der Waals surface area (Å²) in [6.45, 7) is 0.150. The molecule has 2 amide bonds. The van der Waals surface area contributed by atoms with E-state index in [2.05, 4.69) is 20.8 Å². The molecule has 2 aromatic carbocycles. The van der Waals surface area contributed by atoms with Crippen LogP contribution in [0.1, 0.15) is 23.6 Å². The Bertz CT molecular complexity index is 973. The number of nitrogens with one attached hydrogen (secondary N) is 3. The monoisotopic (exact) mass is 414 g/mol. The standard InChI is InChI=1S/C19H18N4O3S2/c24-16(21-17-22-23-19(27)28-17)11-15(14-9-5-2-6-10-14)20-18(25)26-12-13-7-3-1-4-8-13/h1-10,15H,11-12H2,(H,20,25)(H,23,27)(H,21,22,24)/t15-/m1/s1. The third-order valence-electron chi connectivity index (χ3n) is 3.78. The number of ether oxygens (including phenoxy) is 1. The molecular formula is C19H18N4O3S2. The van der Waals surface area contributed by atoms with E-state index in [-0.39, 0.29) is 18.9 Å². The fourth-order valence-electron chi connectivity index (χ4n) is 2.48. The summed E-state index contributed by atoms with van der Waals surface area (Å²) >= 11 is 6.11. The van der Waals surface area contributed by atoms with Gasteiger partial charge in [-0.05, 0) is 23.3 Å². The summed E-state index contributed by atoms with van der Waals surface area (Å²) in [5, 5.41) is 12.3. The van der Waals surface area contributed by atoms with Crippen molar-refractivity contribution in [1.82, 2.24) is 15.5 Å². The second kappa shape index (κ2) is 9.77. The number of aromatic amines is 1. The first-order valence-electron chi connectivity index (χ1n) is 8.47. The molecule has 1 aromatic heterocycles. The molecule has 9 heteroatoms. The Morgan fingerprint density at radius 3 is 2.43 bits per heavy atom. The highest BCUT2D eigenvalue weighted by molar-refractivity contribution is 7.73. The van der Waals surface area contributed by atoms with E-state index in [4.69, 9.17) is 17.0 Å². The third-order valence-corrected chi connectivity index (χ3v) is 4.79. The molecule has 0 bridgehead atoms. The van der Waals surface area contributed by atoms with Crippen LogP contribution in [0.3, 0.4) is 0 Å². The summed E-state index contributed by atoms with van der Waals surface area (Å²) in [6.07, 6.45) is -0.572. The lowest BCUT2D eigenvalue weighted by Gasteiger charge is -2.18. The maximum Gasteiger partial charge on any atom is 0.407 e. The van der Waals surface area contributed by atoms with Gasteiger partial charge >= 0.3 is 6.09 Å². The van der Waals surface area contributed by atoms with Gasteiger partial charge in [0.25, 0.3) is 0 Å². The number of amides is 2. The van der Waals surface area contributed by atoms with Crippen LogP contribution < -0.4 is 10.6 Å². The number of rotatable bonds is 7. The van der Waals surface area contributed by atoms with Crippen molar-refractivity contribution in [2.45, 2.75) is 19.1 Å². The van der Waals surface area contributed by atoms with Gasteiger partial charge in [-0.3, -0.25) is 9.89 Å². The number of aromatic nitrogens is 2. The first kappa shape index (κ1) is 19.7. The number of carbonyl (C=O) groups is 2. The van der Waals surface area contributed by atoms with Gasteiger partial charge in [0.1, 0.15) is 6.61 Å². The first-order valence-corrected chi connectivity index (χ1v) is 9.70. The van der Waals surface area contributed by atoms with E-state index in [0.29, 0.717) is 9.09 Å². The zero-order chi connectivity index (χ0) is 19.8. The number of hydrogen-bond donors (Lipinski definition) is 3. The van der Waals surface area contributed by atoms with Crippen LogP contribution in [0.2, 0.25) is 0 Å². The van der Waals surface area contributed by atoms with Crippen LogP contribution >= 0.6 is 23.6 Å². The lowest BCUT2D eigenvalue weighted by Crippen LogP contribution is -2.32. The van der Waals surface area contributed by atoms with E-state index in [1.165, 1.54) is 0 Å². The number of anilines is 1. The highest BCUT2D eigenvalue weighted by Gasteiger charge is 2.20. The summed E-state index contributed by atoms with van der Waals surface area (Å²) < 4.78 is 5.74.